The van der Waals surface area contributed by atoms with Crippen LogP contribution in [0.1, 0.15) is 17.8 Å². The third kappa shape index (κ3) is 2.98. The average molecular weight is 345 g/mol. The number of amides is 2. The Labute approximate surface area is 123 Å². The van der Waals surface area contributed by atoms with Gasteiger partial charge in [-0.2, -0.15) is 0 Å². The molecule has 2 N–H and O–H groups in total. The van der Waals surface area contributed by atoms with Crippen LogP contribution in [0.15, 0.2) is 28.8 Å². The number of thiophene rings is 1. The zero-order valence-corrected chi connectivity index (χ0v) is 12.6. The van der Waals surface area contributed by atoms with Gasteiger partial charge in [0.15, 0.2) is 0 Å². The van der Waals surface area contributed by atoms with Crippen LogP contribution in [0.4, 0.5) is 4.79 Å². The van der Waals surface area contributed by atoms with Gasteiger partial charge in [0.2, 0.25) is 0 Å². The maximum absolute atomic E-state index is 12.1. The number of carbonyl (C=O) groups is 2. The van der Waals surface area contributed by atoms with Gasteiger partial charge in [0, 0.05) is 15.9 Å². The Morgan fingerprint density at radius 1 is 1.58 bits per heavy atom. The average Bonchev–Trinajstić information content (AvgIpc) is 2.91. The third-order valence-electron chi connectivity index (χ3n) is 2.61. The second kappa shape index (κ2) is 6.21. The third-order valence-corrected chi connectivity index (χ3v) is 4.11. The van der Waals surface area contributed by atoms with E-state index in [1.54, 1.807) is 6.92 Å². The predicted octanol–water partition coefficient (Wildman–Crippen LogP) is 2.31. The van der Waals surface area contributed by atoms with Gasteiger partial charge in [-0.3, -0.25) is 0 Å². The molecule has 102 valence electrons. The lowest BCUT2D eigenvalue weighted by Crippen LogP contribution is -2.46. The van der Waals surface area contributed by atoms with Gasteiger partial charge >= 0.3 is 12.0 Å². The number of hydrogen-bond donors (Lipinski definition) is 2. The van der Waals surface area contributed by atoms with E-state index < -0.39 is 12.0 Å². The quantitative estimate of drug-likeness (QED) is 0.650. The fourth-order valence-electron chi connectivity index (χ4n) is 1.84. The monoisotopic (exact) mass is 344 g/mol. The molecule has 0 aromatic carbocycles. The number of rotatable bonds is 4. The van der Waals surface area contributed by atoms with Crippen molar-refractivity contribution < 1.29 is 14.3 Å². The number of hydrogen-bond acceptors (Lipinski definition) is 4. The van der Waals surface area contributed by atoms with E-state index in [0.717, 1.165) is 4.88 Å². The molecule has 0 aliphatic carbocycles. The summed E-state index contributed by atoms with van der Waals surface area (Å²) < 4.78 is 5.07. The second-order valence-electron chi connectivity index (χ2n) is 3.79. The first-order valence-corrected chi connectivity index (χ1v) is 7.74. The van der Waals surface area contributed by atoms with Crippen LogP contribution in [0.25, 0.3) is 0 Å². The molecule has 0 radical (unpaired) electrons. The van der Waals surface area contributed by atoms with E-state index >= 15 is 0 Å². The van der Waals surface area contributed by atoms with Crippen molar-refractivity contribution in [2.45, 2.75) is 13.0 Å². The smallest absolute Gasteiger partial charge is 0.338 e. The summed E-state index contributed by atoms with van der Waals surface area (Å²) in [6, 6.07) is 2.98. The SMILES string of the molecule is CCOC(=O)C1=C(CBr)NC(=O)N[C@H]1c1cccs1. The fourth-order valence-corrected chi connectivity index (χ4v) is 3.07. The summed E-state index contributed by atoms with van der Waals surface area (Å²) in [6.07, 6.45) is 0. The topological polar surface area (TPSA) is 67.4 Å². The van der Waals surface area contributed by atoms with Crippen LogP contribution in [0.3, 0.4) is 0 Å². The van der Waals surface area contributed by atoms with Gasteiger partial charge in [-0.05, 0) is 18.4 Å². The Balaban J connectivity index is 2.43. The Morgan fingerprint density at radius 2 is 2.37 bits per heavy atom. The predicted molar refractivity (Wildman–Crippen MR) is 76.2 cm³/mol. The molecule has 1 aliphatic heterocycles. The zero-order valence-electron chi connectivity index (χ0n) is 10.2. The van der Waals surface area contributed by atoms with Gasteiger partial charge in [0.25, 0.3) is 0 Å². The Hall–Kier alpha value is -1.34. The van der Waals surface area contributed by atoms with E-state index in [1.165, 1.54) is 11.3 Å². The van der Waals surface area contributed by atoms with Crippen molar-refractivity contribution in [3.05, 3.63) is 33.7 Å². The first kappa shape index (κ1) is 14.1. The molecule has 1 atom stereocenters. The molecule has 2 amide bonds. The summed E-state index contributed by atoms with van der Waals surface area (Å²) in [6.45, 7) is 2.05. The maximum atomic E-state index is 12.1. The number of allylic oxidation sites excluding steroid dienone is 1. The summed E-state index contributed by atoms with van der Waals surface area (Å²) in [5.74, 6) is -0.414. The van der Waals surface area contributed by atoms with E-state index in [2.05, 4.69) is 26.6 Å². The molecular formula is C12H13BrN2O3S. The molecule has 0 unspecified atom stereocenters. The van der Waals surface area contributed by atoms with Crippen LogP contribution < -0.4 is 10.6 Å². The number of carbonyl (C=O) groups excluding carboxylic acids is 2. The molecule has 2 rings (SSSR count). The van der Waals surface area contributed by atoms with Crippen molar-refractivity contribution in [3.8, 4) is 0 Å². The molecule has 0 fully saturated rings. The van der Waals surface area contributed by atoms with Crippen molar-refractivity contribution in [2.24, 2.45) is 0 Å². The summed E-state index contributed by atoms with van der Waals surface area (Å²) in [4.78, 5) is 24.6. The summed E-state index contributed by atoms with van der Waals surface area (Å²) >= 11 is 4.77. The lowest BCUT2D eigenvalue weighted by molar-refractivity contribution is -0.139. The molecule has 0 bridgehead atoms. The number of nitrogens with one attached hydrogen (secondary N) is 2. The van der Waals surface area contributed by atoms with Crippen LogP contribution in [-0.4, -0.2) is 23.9 Å². The van der Waals surface area contributed by atoms with Gasteiger partial charge in [-0.1, -0.05) is 22.0 Å². The Bertz CT molecular complexity index is 513. The van der Waals surface area contributed by atoms with Gasteiger partial charge in [-0.15, -0.1) is 11.3 Å². The first-order valence-electron chi connectivity index (χ1n) is 5.74. The molecular weight excluding hydrogens is 332 g/mol. The Morgan fingerprint density at radius 3 is 2.95 bits per heavy atom. The van der Waals surface area contributed by atoms with E-state index in [1.807, 2.05) is 17.5 Å². The number of urea groups is 1. The minimum atomic E-state index is -0.458. The van der Waals surface area contributed by atoms with Crippen molar-refractivity contribution in [1.29, 1.82) is 0 Å². The second-order valence-corrected chi connectivity index (χ2v) is 5.33. The molecule has 19 heavy (non-hydrogen) atoms. The van der Waals surface area contributed by atoms with Gasteiger partial charge in [0.1, 0.15) is 0 Å². The lowest BCUT2D eigenvalue weighted by Gasteiger charge is -2.27. The van der Waals surface area contributed by atoms with E-state index in [9.17, 15) is 9.59 Å². The van der Waals surface area contributed by atoms with E-state index in [0.29, 0.717) is 23.2 Å². The minimum Gasteiger partial charge on any atom is -0.463 e. The van der Waals surface area contributed by atoms with Crippen molar-refractivity contribution >= 4 is 39.3 Å². The largest absolute Gasteiger partial charge is 0.463 e. The summed E-state index contributed by atoms with van der Waals surface area (Å²) in [7, 11) is 0. The highest BCUT2D eigenvalue weighted by atomic mass is 79.9. The van der Waals surface area contributed by atoms with Gasteiger partial charge < -0.3 is 15.4 Å². The summed E-state index contributed by atoms with van der Waals surface area (Å²) in [5.41, 5.74) is 0.987. The highest BCUT2D eigenvalue weighted by molar-refractivity contribution is 9.09. The van der Waals surface area contributed by atoms with Crippen LogP contribution in [-0.2, 0) is 9.53 Å². The number of ether oxygens (including phenoxy) is 1. The van der Waals surface area contributed by atoms with Gasteiger partial charge in [-0.25, -0.2) is 9.59 Å². The highest BCUT2D eigenvalue weighted by Gasteiger charge is 2.33. The number of halogens is 1. The molecule has 7 heteroatoms. The van der Waals surface area contributed by atoms with Gasteiger partial charge in [0.05, 0.1) is 18.2 Å². The molecule has 0 saturated heterocycles. The normalized spacial score (nSPS) is 18.8. The number of alkyl halides is 1. The standard InChI is InChI=1S/C12H13BrN2O3S/c1-2-18-11(16)9-7(6-13)14-12(17)15-10(9)8-4-3-5-19-8/h3-5,10H,2,6H2,1H3,(H2,14,15,17)/t10-/m0/s1. The highest BCUT2D eigenvalue weighted by Crippen LogP contribution is 2.30. The first-order chi connectivity index (χ1) is 9.17. The maximum Gasteiger partial charge on any atom is 0.338 e. The zero-order chi connectivity index (χ0) is 13.8. The molecule has 1 aromatic rings. The van der Waals surface area contributed by atoms with Crippen LogP contribution in [0.5, 0.6) is 0 Å². The van der Waals surface area contributed by atoms with Crippen LogP contribution in [0, 0.1) is 0 Å². The van der Waals surface area contributed by atoms with Crippen LogP contribution in [0.2, 0.25) is 0 Å². The molecule has 0 saturated carbocycles. The molecule has 5 nitrogen and oxygen atoms in total. The van der Waals surface area contributed by atoms with Crippen molar-refractivity contribution in [1.82, 2.24) is 10.6 Å². The van der Waals surface area contributed by atoms with Crippen LogP contribution >= 0.6 is 27.3 Å². The lowest BCUT2D eigenvalue weighted by atomic mass is 10.0. The molecule has 1 aliphatic rings. The molecule has 1 aromatic heterocycles. The van der Waals surface area contributed by atoms with Crippen molar-refractivity contribution in [2.75, 3.05) is 11.9 Å². The van der Waals surface area contributed by atoms with E-state index in [4.69, 9.17) is 4.74 Å². The minimum absolute atomic E-state index is 0.295. The van der Waals surface area contributed by atoms with Crippen molar-refractivity contribution in [3.63, 3.8) is 0 Å². The Kier molecular flexibility index (Phi) is 4.60. The number of esters is 1. The summed E-state index contributed by atoms with van der Waals surface area (Å²) in [5, 5.41) is 7.68. The molecule has 0 spiro atoms. The van der Waals surface area contributed by atoms with E-state index in [-0.39, 0.29) is 6.03 Å². The fraction of sp³-hybridized carbons (Fsp3) is 0.333. The molecule has 2 heterocycles.